The number of aromatic nitrogens is 1. The van der Waals surface area contributed by atoms with E-state index in [9.17, 15) is 9.90 Å². The first-order valence-corrected chi connectivity index (χ1v) is 12.8. The van der Waals surface area contributed by atoms with Crippen LogP contribution in [0.3, 0.4) is 0 Å². The summed E-state index contributed by atoms with van der Waals surface area (Å²) in [6, 6.07) is 16.5. The Morgan fingerprint density at radius 3 is 2.59 bits per heavy atom. The van der Waals surface area contributed by atoms with Crippen LogP contribution in [0.2, 0.25) is 0 Å². The van der Waals surface area contributed by atoms with Crippen LogP contribution in [0.25, 0.3) is 11.1 Å². The maximum absolute atomic E-state index is 11.3. The highest BCUT2D eigenvalue weighted by Gasteiger charge is 2.30. The molecule has 0 saturated heterocycles. The number of ether oxygens (including phenoxy) is 3. The fourth-order valence-electron chi connectivity index (χ4n) is 5.11. The number of hydrogen-bond acceptors (Lipinski definition) is 5. The Hall–Kier alpha value is -3.38. The molecule has 0 bridgehead atoms. The van der Waals surface area contributed by atoms with Gasteiger partial charge in [0.15, 0.2) is 0 Å². The van der Waals surface area contributed by atoms with E-state index in [1.165, 1.54) is 0 Å². The van der Waals surface area contributed by atoms with E-state index >= 15 is 0 Å². The number of carboxylic acids is 1. The molecule has 1 aliphatic rings. The lowest BCUT2D eigenvalue weighted by Gasteiger charge is -2.33. The van der Waals surface area contributed by atoms with Crippen molar-refractivity contribution in [3.8, 4) is 22.8 Å². The van der Waals surface area contributed by atoms with Gasteiger partial charge in [-0.05, 0) is 76.3 Å². The van der Waals surface area contributed by atoms with Crippen LogP contribution in [0.5, 0.6) is 11.6 Å². The third kappa shape index (κ3) is 5.96. The third-order valence-corrected chi connectivity index (χ3v) is 7.05. The van der Waals surface area contributed by atoms with Crippen molar-refractivity contribution in [2.75, 3.05) is 14.2 Å². The Labute approximate surface area is 219 Å². The Morgan fingerprint density at radius 2 is 1.92 bits per heavy atom. The van der Waals surface area contributed by atoms with Gasteiger partial charge in [0.05, 0.1) is 19.1 Å². The van der Waals surface area contributed by atoms with Crippen molar-refractivity contribution in [3.63, 3.8) is 0 Å². The lowest BCUT2D eigenvalue weighted by molar-refractivity contribution is -0.141. The minimum Gasteiger partial charge on any atom is -0.485 e. The van der Waals surface area contributed by atoms with Gasteiger partial charge >= 0.3 is 5.97 Å². The van der Waals surface area contributed by atoms with Gasteiger partial charge in [0.25, 0.3) is 0 Å². The summed E-state index contributed by atoms with van der Waals surface area (Å²) in [5, 5.41) is 9.30. The fraction of sp³-hybridized carbons (Fsp3) is 0.419. The largest absolute Gasteiger partial charge is 0.485 e. The monoisotopic (exact) mass is 503 g/mol. The number of benzene rings is 2. The molecule has 196 valence electrons. The highest BCUT2D eigenvalue weighted by molar-refractivity contribution is 5.70. The van der Waals surface area contributed by atoms with Crippen molar-refractivity contribution in [2.24, 2.45) is 11.3 Å². The molecule has 2 aromatic carbocycles. The molecule has 2 unspecified atom stereocenters. The van der Waals surface area contributed by atoms with Gasteiger partial charge in [0.1, 0.15) is 11.9 Å². The smallest absolute Gasteiger partial charge is 0.306 e. The van der Waals surface area contributed by atoms with Gasteiger partial charge < -0.3 is 19.3 Å². The molecule has 2 heterocycles. The van der Waals surface area contributed by atoms with Crippen LogP contribution in [-0.4, -0.2) is 30.3 Å². The average Bonchev–Trinajstić information content (AvgIpc) is 2.87. The maximum atomic E-state index is 11.3. The first-order chi connectivity index (χ1) is 17.6. The number of hydrogen-bond donors (Lipinski definition) is 1. The van der Waals surface area contributed by atoms with Gasteiger partial charge in [0.2, 0.25) is 5.88 Å². The summed E-state index contributed by atoms with van der Waals surface area (Å²) in [5.41, 5.74) is 6.30. The zero-order chi connectivity index (χ0) is 26.7. The minimum atomic E-state index is -0.789. The summed E-state index contributed by atoms with van der Waals surface area (Å²) in [4.78, 5) is 15.6. The molecule has 3 aromatic rings. The van der Waals surface area contributed by atoms with E-state index in [0.29, 0.717) is 12.3 Å². The van der Waals surface area contributed by atoms with Crippen LogP contribution in [-0.2, 0) is 22.4 Å². The zero-order valence-corrected chi connectivity index (χ0v) is 22.6. The lowest BCUT2D eigenvalue weighted by Crippen LogP contribution is -2.22. The Kier molecular flexibility index (Phi) is 7.88. The highest BCUT2D eigenvalue weighted by Crippen LogP contribution is 2.43. The van der Waals surface area contributed by atoms with Crippen LogP contribution in [0.15, 0.2) is 54.7 Å². The number of methoxy groups -OCH3 is 2. The molecule has 1 N–H and O–H groups in total. The Balaban J connectivity index is 1.70. The number of carboxylic acid groups (broad SMARTS) is 1. The van der Waals surface area contributed by atoms with Gasteiger partial charge in [-0.15, -0.1) is 0 Å². The van der Waals surface area contributed by atoms with E-state index < -0.39 is 11.9 Å². The molecule has 3 atom stereocenters. The van der Waals surface area contributed by atoms with Crippen molar-refractivity contribution < 1.29 is 24.1 Å². The number of nitrogens with zero attached hydrogens (tertiary/aromatic N) is 1. The second-order valence-corrected chi connectivity index (χ2v) is 10.9. The van der Waals surface area contributed by atoms with Crippen LogP contribution in [0.1, 0.15) is 68.6 Å². The summed E-state index contributed by atoms with van der Waals surface area (Å²) in [7, 11) is 3.38. The number of carbonyl (C=O) groups is 1. The van der Waals surface area contributed by atoms with E-state index in [-0.39, 0.29) is 17.6 Å². The quantitative estimate of drug-likeness (QED) is 0.363. The van der Waals surface area contributed by atoms with Crippen molar-refractivity contribution in [3.05, 3.63) is 77.0 Å². The van der Waals surface area contributed by atoms with Crippen molar-refractivity contribution in [2.45, 2.75) is 59.2 Å². The molecule has 4 rings (SSSR count). The summed E-state index contributed by atoms with van der Waals surface area (Å²) in [6.07, 6.45) is 3.77. The zero-order valence-electron chi connectivity index (χ0n) is 22.6. The summed E-state index contributed by atoms with van der Waals surface area (Å²) in [5.74, 6) is 0.178. The third-order valence-electron chi connectivity index (χ3n) is 7.05. The SMILES string of the molecule is COc1cc(-c2ccc(C3CCc4ccc(C[C@H](C)C(=O)O)cc4O3)cc2C(OC)C(C)(C)C)ccn1. The number of rotatable bonds is 8. The standard InChI is InChI=1S/C31H37NO5/c1-19(30(33)34)15-20-7-8-21-10-12-26(37-27(21)16-20)23-9-11-24(22-13-14-32-28(18-22)35-5)25(17-23)29(36-6)31(2,3)4/h7-9,11,13-14,16-19,26,29H,10,12,15H2,1-6H3,(H,33,34)/t19-,26?,29?/m0/s1. The van der Waals surface area contributed by atoms with Crippen molar-refractivity contribution >= 4 is 5.97 Å². The van der Waals surface area contributed by atoms with Gasteiger partial charge in [0, 0.05) is 19.4 Å². The van der Waals surface area contributed by atoms with E-state index in [0.717, 1.165) is 52.0 Å². The van der Waals surface area contributed by atoms with E-state index in [4.69, 9.17) is 14.2 Å². The van der Waals surface area contributed by atoms with Crippen molar-refractivity contribution in [1.82, 2.24) is 4.98 Å². The number of aryl methyl sites for hydroxylation is 1. The summed E-state index contributed by atoms with van der Waals surface area (Å²) < 4.78 is 17.9. The van der Waals surface area contributed by atoms with Gasteiger partial charge in [-0.3, -0.25) is 4.79 Å². The van der Waals surface area contributed by atoms with Crippen LogP contribution in [0.4, 0.5) is 0 Å². The summed E-state index contributed by atoms with van der Waals surface area (Å²) >= 11 is 0. The highest BCUT2D eigenvalue weighted by atomic mass is 16.5. The van der Waals surface area contributed by atoms with Gasteiger partial charge in [-0.2, -0.15) is 0 Å². The van der Waals surface area contributed by atoms with Crippen LogP contribution < -0.4 is 9.47 Å². The van der Waals surface area contributed by atoms with Crippen LogP contribution >= 0.6 is 0 Å². The molecule has 0 spiro atoms. The van der Waals surface area contributed by atoms with E-state index in [2.05, 4.69) is 50.0 Å². The molecule has 1 aliphatic heterocycles. The second kappa shape index (κ2) is 10.9. The molecule has 37 heavy (non-hydrogen) atoms. The predicted molar refractivity (Wildman–Crippen MR) is 144 cm³/mol. The minimum absolute atomic E-state index is 0.100. The molecule has 0 saturated carbocycles. The molecule has 6 heteroatoms. The fourth-order valence-corrected chi connectivity index (χ4v) is 5.11. The number of fused-ring (bicyclic) bond motifs is 1. The Bertz CT molecular complexity index is 1260. The van der Waals surface area contributed by atoms with Crippen LogP contribution in [0, 0.1) is 11.3 Å². The first-order valence-electron chi connectivity index (χ1n) is 12.8. The second-order valence-electron chi connectivity index (χ2n) is 10.9. The normalized spacial score (nSPS) is 16.9. The number of aliphatic carboxylic acids is 1. The van der Waals surface area contributed by atoms with E-state index in [1.54, 1.807) is 27.3 Å². The molecular weight excluding hydrogens is 466 g/mol. The Morgan fingerprint density at radius 1 is 1.14 bits per heavy atom. The van der Waals surface area contributed by atoms with Gasteiger partial charge in [-0.25, -0.2) is 4.98 Å². The number of pyridine rings is 1. The first kappa shape index (κ1) is 26.7. The summed E-state index contributed by atoms with van der Waals surface area (Å²) in [6.45, 7) is 8.27. The molecular formula is C31H37NO5. The predicted octanol–water partition coefficient (Wildman–Crippen LogP) is 6.82. The molecule has 0 fully saturated rings. The molecule has 0 radical (unpaired) electrons. The van der Waals surface area contributed by atoms with Crippen molar-refractivity contribution in [1.29, 1.82) is 0 Å². The maximum Gasteiger partial charge on any atom is 0.306 e. The topological polar surface area (TPSA) is 77.9 Å². The molecule has 0 amide bonds. The molecule has 0 aliphatic carbocycles. The lowest BCUT2D eigenvalue weighted by atomic mass is 9.80. The molecule has 6 nitrogen and oxygen atoms in total. The molecule has 1 aromatic heterocycles. The average molecular weight is 504 g/mol. The van der Waals surface area contributed by atoms with E-state index in [1.807, 2.05) is 24.3 Å². The van der Waals surface area contributed by atoms with Gasteiger partial charge in [-0.1, -0.05) is 52.0 Å².